The number of fused-ring (bicyclic) bond motifs is 2. The van der Waals surface area contributed by atoms with Crippen LogP contribution in [0.3, 0.4) is 0 Å². The lowest BCUT2D eigenvalue weighted by Gasteiger charge is -2.23. The van der Waals surface area contributed by atoms with Gasteiger partial charge in [-0.3, -0.25) is 19.2 Å². The average Bonchev–Trinajstić information content (AvgIpc) is 2.82. The molecule has 32 heavy (non-hydrogen) atoms. The number of anilines is 2. The Bertz CT molecular complexity index is 1240. The first kappa shape index (κ1) is 21.3. The highest BCUT2D eigenvalue weighted by atomic mass is 35.5. The van der Waals surface area contributed by atoms with Crippen LogP contribution in [0, 0.1) is 0 Å². The Kier molecular flexibility index (Phi) is 6.00. The van der Waals surface area contributed by atoms with Crippen LogP contribution >= 0.6 is 11.6 Å². The Balaban J connectivity index is 1.72. The van der Waals surface area contributed by atoms with Crippen molar-refractivity contribution in [2.24, 2.45) is 0 Å². The van der Waals surface area contributed by atoms with Gasteiger partial charge in [-0.15, -0.1) is 11.6 Å². The largest absolute Gasteiger partial charge is 0.484 e. The highest BCUT2D eigenvalue weighted by molar-refractivity contribution is 6.32. The Labute approximate surface area is 188 Å². The van der Waals surface area contributed by atoms with E-state index in [9.17, 15) is 19.2 Å². The van der Waals surface area contributed by atoms with E-state index in [2.05, 4.69) is 10.6 Å². The summed E-state index contributed by atoms with van der Waals surface area (Å²) < 4.78 is 5.46. The Morgan fingerprint density at radius 3 is 2.09 bits per heavy atom. The fourth-order valence-electron chi connectivity index (χ4n) is 3.45. The molecule has 0 saturated heterocycles. The van der Waals surface area contributed by atoms with E-state index < -0.39 is 17.6 Å². The number of hydrogen-bond donors (Lipinski definition) is 2. The van der Waals surface area contributed by atoms with E-state index in [0.717, 1.165) is 0 Å². The van der Waals surface area contributed by atoms with E-state index in [1.165, 1.54) is 12.1 Å². The molecule has 0 fully saturated rings. The summed E-state index contributed by atoms with van der Waals surface area (Å²) in [5, 5.41) is 5.18. The molecule has 0 spiro atoms. The molecular formula is C24H17ClN2O5. The highest BCUT2D eigenvalue weighted by Gasteiger charge is 2.33. The van der Waals surface area contributed by atoms with Crippen LogP contribution in [-0.4, -0.2) is 35.9 Å². The van der Waals surface area contributed by atoms with Gasteiger partial charge >= 0.3 is 0 Å². The van der Waals surface area contributed by atoms with Gasteiger partial charge < -0.3 is 15.4 Å². The number of ether oxygens (including phenoxy) is 1. The molecule has 0 aromatic heterocycles. The van der Waals surface area contributed by atoms with E-state index in [1.54, 1.807) is 48.5 Å². The number of para-hydroxylation sites is 1. The molecule has 3 aromatic rings. The van der Waals surface area contributed by atoms with Crippen LogP contribution in [0.1, 0.15) is 31.8 Å². The number of carbonyl (C=O) groups excluding carboxylic acids is 4. The van der Waals surface area contributed by atoms with Gasteiger partial charge in [0.1, 0.15) is 11.6 Å². The molecule has 160 valence electrons. The lowest BCUT2D eigenvalue weighted by atomic mass is 9.83. The van der Waals surface area contributed by atoms with Gasteiger partial charge in [0.2, 0.25) is 5.91 Å². The molecule has 0 bridgehead atoms. The van der Waals surface area contributed by atoms with Crippen molar-refractivity contribution >= 4 is 46.4 Å². The molecule has 7 nitrogen and oxygen atoms in total. The zero-order valence-corrected chi connectivity index (χ0v) is 17.4. The first-order chi connectivity index (χ1) is 15.5. The minimum atomic E-state index is -0.567. The highest BCUT2D eigenvalue weighted by Crippen LogP contribution is 2.36. The van der Waals surface area contributed by atoms with Crippen LogP contribution in [0.15, 0.2) is 66.7 Å². The Morgan fingerprint density at radius 1 is 0.750 bits per heavy atom. The third-order valence-corrected chi connectivity index (χ3v) is 5.11. The molecule has 0 aliphatic heterocycles. The van der Waals surface area contributed by atoms with Crippen molar-refractivity contribution in [3.63, 3.8) is 0 Å². The molecule has 0 unspecified atom stereocenters. The summed E-state index contributed by atoms with van der Waals surface area (Å²) >= 11 is 5.60. The van der Waals surface area contributed by atoms with Gasteiger partial charge in [0, 0.05) is 16.7 Å². The number of halogens is 1. The van der Waals surface area contributed by atoms with Crippen LogP contribution in [-0.2, 0) is 9.59 Å². The number of nitrogens with one attached hydrogen (secondary N) is 2. The number of hydrogen-bond acceptors (Lipinski definition) is 5. The summed E-state index contributed by atoms with van der Waals surface area (Å²) in [4.78, 5) is 50.8. The molecule has 2 amide bonds. The van der Waals surface area contributed by atoms with Crippen molar-refractivity contribution in [2.75, 3.05) is 23.1 Å². The first-order valence-corrected chi connectivity index (χ1v) is 10.2. The number of carbonyl (C=O) groups is 4. The number of benzene rings is 3. The normalized spacial score (nSPS) is 11.9. The van der Waals surface area contributed by atoms with Gasteiger partial charge in [0.15, 0.2) is 18.2 Å². The van der Waals surface area contributed by atoms with Crippen LogP contribution in [0.5, 0.6) is 5.75 Å². The quantitative estimate of drug-likeness (QED) is 0.438. The monoisotopic (exact) mass is 448 g/mol. The predicted molar refractivity (Wildman–Crippen MR) is 120 cm³/mol. The van der Waals surface area contributed by atoms with Gasteiger partial charge in [0.25, 0.3) is 5.91 Å². The molecule has 0 atom stereocenters. The minimum Gasteiger partial charge on any atom is -0.484 e. The fraction of sp³-hybridized carbons (Fsp3) is 0.0833. The zero-order valence-electron chi connectivity index (χ0n) is 16.7. The number of ketones is 2. The van der Waals surface area contributed by atoms with Crippen LogP contribution in [0.2, 0.25) is 0 Å². The second-order valence-electron chi connectivity index (χ2n) is 6.95. The third-order valence-electron chi connectivity index (χ3n) is 4.87. The SMILES string of the molecule is O=C(CCl)Nc1ccc2c(c1NC(=O)COc1ccccc1)C(=O)c1ccccc1C2=O. The van der Waals surface area contributed by atoms with E-state index in [4.69, 9.17) is 16.3 Å². The van der Waals surface area contributed by atoms with Crippen molar-refractivity contribution in [2.45, 2.75) is 0 Å². The molecule has 0 heterocycles. The number of amides is 2. The van der Waals surface area contributed by atoms with Crippen molar-refractivity contribution in [3.8, 4) is 5.75 Å². The van der Waals surface area contributed by atoms with Gasteiger partial charge in [-0.2, -0.15) is 0 Å². The standard InChI is InChI=1S/C24H17ClN2O5/c25-12-19(28)26-18-11-10-17-21(24(31)16-9-5-4-8-15(16)23(17)30)22(18)27-20(29)13-32-14-6-2-1-3-7-14/h1-11H,12-13H2,(H,26,28)(H,27,29). The smallest absolute Gasteiger partial charge is 0.262 e. The molecule has 1 aliphatic rings. The molecule has 4 rings (SSSR count). The third kappa shape index (κ3) is 4.10. The maximum absolute atomic E-state index is 13.3. The molecule has 3 aromatic carbocycles. The van der Waals surface area contributed by atoms with Crippen LogP contribution < -0.4 is 15.4 Å². The van der Waals surface area contributed by atoms with Gasteiger partial charge in [-0.25, -0.2) is 0 Å². The van der Waals surface area contributed by atoms with Crippen molar-refractivity contribution in [1.29, 1.82) is 0 Å². The number of rotatable bonds is 6. The summed E-state index contributed by atoms with van der Waals surface area (Å²) in [5.41, 5.74) is 0.832. The molecule has 8 heteroatoms. The zero-order chi connectivity index (χ0) is 22.7. The van der Waals surface area contributed by atoms with Gasteiger partial charge in [-0.1, -0.05) is 42.5 Å². The Hall–Kier alpha value is -3.97. The molecular weight excluding hydrogens is 432 g/mol. The predicted octanol–water partition coefficient (Wildman–Crippen LogP) is 3.66. The van der Waals surface area contributed by atoms with E-state index in [0.29, 0.717) is 5.75 Å². The summed E-state index contributed by atoms with van der Waals surface area (Å²) in [6.45, 7) is -0.338. The summed E-state index contributed by atoms with van der Waals surface area (Å²) in [6, 6.07) is 18.1. The van der Waals surface area contributed by atoms with Gasteiger partial charge in [0.05, 0.1) is 16.9 Å². The average molecular weight is 449 g/mol. The topological polar surface area (TPSA) is 102 Å². The maximum Gasteiger partial charge on any atom is 0.262 e. The molecule has 1 aliphatic carbocycles. The second kappa shape index (κ2) is 9.03. The summed E-state index contributed by atoms with van der Waals surface area (Å²) in [7, 11) is 0. The van der Waals surface area contributed by atoms with Crippen LogP contribution in [0.4, 0.5) is 11.4 Å². The van der Waals surface area contributed by atoms with E-state index in [1.807, 2.05) is 6.07 Å². The summed E-state index contributed by atoms with van der Waals surface area (Å²) in [5.74, 6) is -1.70. The van der Waals surface area contributed by atoms with Crippen molar-refractivity contribution in [3.05, 3.63) is 89.0 Å². The molecule has 2 N–H and O–H groups in total. The van der Waals surface area contributed by atoms with Crippen molar-refractivity contribution in [1.82, 2.24) is 0 Å². The van der Waals surface area contributed by atoms with Crippen LogP contribution in [0.25, 0.3) is 0 Å². The van der Waals surface area contributed by atoms with Crippen molar-refractivity contribution < 1.29 is 23.9 Å². The van der Waals surface area contributed by atoms with E-state index in [-0.39, 0.29) is 51.9 Å². The number of alkyl halides is 1. The fourth-order valence-corrected chi connectivity index (χ4v) is 3.51. The maximum atomic E-state index is 13.3. The molecule has 0 radical (unpaired) electrons. The first-order valence-electron chi connectivity index (χ1n) is 9.68. The second-order valence-corrected chi connectivity index (χ2v) is 7.21. The molecule has 0 saturated carbocycles. The van der Waals surface area contributed by atoms with Gasteiger partial charge in [-0.05, 0) is 24.3 Å². The summed E-state index contributed by atoms with van der Waals surface area (Å²) in [6.07, 6.45) is 0. The Morgan fingerprint density at radius 2 is 1.41 bits per heavy atom. The minimum absolute atomic E-state index is 0.00846. The lowest BCUT2D eigenvalue weighted by molar-refractivity contribution is -0.118. The lowest BCUT2D eigenvalue weighted by Crippen LogP contribution is -2.27. The van der Waals surface area contributed by atoms with E-state index >= 15 is 0 Å².